The summed E-state index contributed by atoms with van der Waals surface area (Å²) in [4.78, 5) is 16.4. The third-order valence-electron chi connectivity index (χ3n) is 3.39. The topological polar surface area (TPSA) is 65.2 Å². The molecule has 6 heteroatoms. The smallest absolute Gasteiger partial charge is 0.323 e. The number of esters is 1. The summed E-state index contributed by atoms with van der Waals surface area (Å²) in [7, 11) is 0. The molecule has 0 amide bonds. The maximum Gasteiger partial charge on any atom is 0.323 e. The van der Waals surface area contributed by atoms with Crippen LogP contribution in [0.4, 0.5) is 4.39 Å². The maximum absolute atomic E-state index is 14.0. The Balaban J connectivity index is 1.98. The molecule has 1 fully saturated rings. The molecule has 110 valence electrons. The van der Waals surface area contributed by atoms with Crippen LogP contribution in [-0.2, 0) is 9.53 Å². The number of benzene rings is 1. The Labute approximate surface area is 121 Å². The van der Waals surface area contributed by atoms with Crippen molar-refractivity contribution in [2.45, 2.75) is 31.6 Å². The number of nitrogens with zero attached hydrogens (tertiary/aromatic N) is 2. The van der Waals surface area contributed by atoms with Crippen molar-refractivity contribution < 1.29 is 18.4 Å². The van der Waals surface area contributed by atoms with E-state index in [0.717, 1.165) is 12.8 Å². The van der Waals surface area contributed by atoms with Gasteiger partial charge in [-0.1, -0.05) is 23.4 Å². The minimum atomic E-state index is -1.02. The van der Waals surface area contributed by atoms with Gasteiger partial charge in [0.25, 0.3) is 0 Å². The Hall–Kier alpha value is -2.24. The molecule has 1 unspecified atom stereocenters. The van der Waals surface area contributed by atoms with Gasteiger partial charge in [0.2, 0.25) is 5.89 Å². The Morgan fingerprint density at radius 1 is 1.48 bits per heavy atom. The summed E-state index contributed by atoms with van der Waals surface area (Å²) in [5.41, 5.74) is 0.182. The predicted octanol–water partition coefficient (Wildman–Crippen LogP) is 2.78. The number of hydrogen-bond donors (Lipinski definition) is 0. The van der Waals surface area contributed by atoms with E-state index in [2.05, 4.69) is 10.1 Å². The van der Waals surface area contributed by atoms with Gasteiger partial charge in [-0.2, -0.15) is 4.98 Å². The first kappa shape index (κ1) is 13.7. The van der Waals surface area contributed by atoms with Crippen LogP contribution in [0.2, 0.25) is 0 Å². The molecule has 1 aromatic carbocycles. The molecule has 0 bridgehead atoms. The van der Waals surface area contributed by atoms with Gasteiger partial charge in [-0.15, -0.1) is 0 Å². The lowest BCUT2D eigenvalue weighted by molar-refractivity contribution is -0.144. The molecule has 1 saturated carbocycles. The standard InChI is InChI=1S/C15H15FN2O3/c1-2-20-15(19)12(10-5-3-4-6-11(10)16)14-17-13(18-21-14)9-7-8-9/h3-6,9,12H,2,7-8H2,1H3. The van der Waals surface area contributed by atoms with Gasteiger partial charge in [0.15, 0.2) is 11.7 Å². The normalized spacial score (nSPS) is 15.7. The number of halogens is 1. The first-order chi connectivity index (χ1) is 10.2. The van der Waals surface area contributed by atoms with Gasteiger partial charge in [-0.3, -0.25) is 4.79 Å². The summed E-state index contributed by atoms with van der Waals surface area (Å²) in [6, 6.07) is 6.03. The molecule has 1 aromatic heterocycles. The van der Waals surface area contributed by atoms with Crippen molar-refractivity contribution in [1.82, 2.24) is 10.1 Å². The summed E-state index contributed by atoms with van der Waals surface area (Å²) in [5.74, 6) is -1.15. The number of aromatic nitrogens is 2. The molecule has 0 radical (unpaired) electrons. The van der Waals surface area contributed by atoms with Crippen LogP contribution in [-0.4, -0.2) is 22.7 Å². The molecule has 2 aromatic rings. The third-order valence-corrected chi connectivity index (χ3v) is 3.39. The molecule has 1 heterocycles. The van der Waals surface area contributed by atoms with Crippen LogP contribution >= 0.6 is 0 Å². The van der Waals surface area contributed by atoms with Crippen molar-refractivity contribution in [3.05, 3.63) is 47.4 Å². The van der Waals surface area contributed by atoms with Gasteiger partial charge in [-0.25, -0.2) is 4.39 Å². The summed E-state index contributed by atoms with van der Waals surface area (Å²) >= 11 is 0. The van der Waals surface area contributed by atoms with Crippen molar-refractivity contribution in [1.29, 1.82) is 0 Å². The first-order valence-electron chi connectivity index (χ1n) is 6.95. The Morgan fingerprint density at radius 3 is 2.90 bits per heavy atom. The van der Waals surface area contributed by atoms with Crippen molar-refractivity contribution in [3.63, 3.8) is 0 Å². The van der Waals surface area contributed by atoms with Crippen LogP contribution in [0.25, 0.3) is 0 Å². The summed E-state index contributed by atoms with van der Waals surface area (Å²) in [6.07, 6.45) is 2.03. The summed E-state index contributed by atoms with van der Waals surface area (Å²) in [5, 5.41) is 3.88. The zero-order valence-corrected chi connectivity index (χ0v) is 11.6. The van der Waals surface area contributed by atoms with Gasteiger partial charge in [0.1, 0.15) is 5.82 Å². The molecule has 1 aliphatic carbocycles. The average Bonchev–Trinajstić information content (AvgIpc) is 3.21. The fraction of sp³-hybridized carbons (Fsp3) is 0.400. The SMILES string of the molecule is CCOC(=O)C(c1nc(C2CC2)no1)c1ccccc1F. The predicted molar refractivity (Wildman–Crippen MR) is 71.1 cm³/mol. The molecule has 0 saturated heterocycles. The molecule has 1 atom stereocenters. The van der Waals surface area contributed by atoms with Gasteiger partial charge < -0.3 is 9.26 Å². The van der Waals surface area contributed by atoms with Crippen molar-refractivity contribution in [3.8, 4) is 0 Å². The Kier molecular flexibility index (Phi) is 3.68. The van der Waals surface area contributed by atoms with Gasteiger partial charge >= 0.3 is 5.97 Å². The zero-order chi connectivity index (χ0) is 14.8. The van der Waals surface area contributed by atoms with E-state index < -0.39 is 17.7 Å². The minimum Gasteiger partial charge on any atom is -0.465 e. The van der Waals surface area contributed by atoms with E-state index in [4.69, 9.17) is 9.26 Å². The first-order valence-corrected chi connectivity index (χ1v) is 6.95. The van der Waals surface area contributed by atoms with Gasteiger partial charge in [0, 0.05) is 11.5 Å². The van der Waals surface area contributed by atoms with Gasteiger partial charge in [-0.05, 0) is 25.8 Å². The number of ether oxygens (including phenoxy) is 1. The number of hydrogen-bond acceptors (Lipinski definition) is 5. The molecule has 5 nitrogen and oxygen atoms in total. The molecule has 1 aliphatic rings. The van der Waals surface area contributed by atoms with Crippen molar-refractivity contribution in [2.75, 3.05) is 6.61 Å². The monoisotopic (exact) mass is 290 g/mol. The fourth-order valence-corrected chi connectivity index (χ4v) is 2.17. The maximum atomic E-state index is 14.0. The third kappa shape index (κ3) is 2.79. The lowest BCUT2D eigenvalue weighted by atomic mass is 9.98. The highest BCUT2D eigenvalue weighted by molar-refractivity contribution is 5.81. The minimum absolute atomic E-state index is 0.0837. The molecular formula is C15H15FN2O3. The second-order valence-electron chi connectivity index (χ2n) is 4.97. The summed E-state index contributed by atoms with van der Waals surface area (Å²) in [6.45, 7) is 1.90. The van der Waals surface area contributed by atoms with E-state index in [1.165, 1.54) is 12.1 Å². The lowest BCUT2D eigenvalue weighted by Crippen LogP contribution is -2.19. The molecular weight excluding hydrogens is 275 g/mol. The molecule has 3 rings (SSSR count). The van der Waals surface area contributed by atoms with E-state index in [9.17, 15) is 9.18 Å². The second-order valence-corrected chi connectivity index (χ2v) is 4.97. The van der Waals surface area contributed by atoms with E-state index in [1.807, 2.05) is 0 Å². The lowest BCUT2D eigenvalue weighted by Gasteiger charge is -2.12. The fourth-order valence-electron chi connectivity index (χ4n) is 2.17. The highest BCUT2D eigenvalue weighted by atomic mass is 19.1. The van der Waals surface area contributed by atoms with Gasteiger partial charge in [0.05, 0.1) is 6.61 Å². The second kappa shape index (κ2) is 5.63. The van der Waals surface area contributed by atoms with Crippen molar-refractivity contribution in [2.24, 2.45) is 0 Å². The van der Waals surface area contributed by atoms with Crippen LogP contribution in [0, 0.1) is 5.82 Å². The highest BCUT2D eigenvalue weighted by Gasteiger charge is 2.35. The van der Waals surface area contributed by atoms with E-state index in [1.54, 1.807) is 19.1 Å². The summed E-state index contributed by atoms with van der Waals surface area (Å²) < 4.78 is 24.2. The molecule has 21 heavy (non-hydrogen) atoms. The van der Waals surface area contributed by atoms with Crippen LogP contribution in [0.15, 0.2) is 28.8 Å². The van der Waals surface area contributed by atoms with E-state index >= 15 is 0 Å². The van der Waals surface area contributed by atoms with Crippen LogP contribution in [0.1, 0.15) is 48.9 Å². The van der Waals surface area contributed by atoms with Crippen LogP contribution in [0.5, 0.6) is 0 Å². The van der Waals surface area contributed by atoms with Crippen LogP contribution < -0.4 is 0 Å². The average molecular weight is 290 g/mol. The van der Waals surface area contributed by atoms with E-state index in [-0.39, 0.29) is 18.1 Å². The van der Waals surface area contributed by atoms with Crippen LogP contribution in [0.3, 0.4) is 0 Å². The van der Waals surface area contributed by atoms with Crippen molar-refractivity contribution >= 4 is 5.97 Å². The number of rotatable bonds is 5. The molecule has 0 N–H and O–H groups in total. The molecule has 0 spiro atoms. The quantitative estimate of drug-likeness (QED) is 0.792. The molecule has 0 aliphatic heterocycles. The largest absolute Gasteiger partial charge is 0.465 e. The highest BCUT2D eigenvalue weighted by Crippen LogP contribution is 2.39. The number of carbonyl (C=O) groups excluding carboxylic acids is 1. The van der Waals surface area contributed by atoms with E-state index in [0.29, 0.717) is 11.7 Å². The number of carbonyl (C=O) groups is 1. The Bertz CT molecular complexity index is 652. The Morgan fingerprint density at radius 2 is 2.24 bits per heavy atom. The zero-order valence-electron chi connectivity index (χ0n) is 11.6.